The third kappa shape index (κ3) is 4.87. The number of amides is 1. The third-order valence-corrected chi connectivity index (χ3v) is 6.28. The van der Waals surface area contributed by atoms with Crippen molar-refractivity contribution in [3.63, 3.8) is 0 Å². The van der Waals surface area contributed by atoms with E-state index in [1.54, 1.807) is 12.1 Å². The Morgan fingerprint density at radius 1 is 1.13 bits per heavy atom. The van der Waals surface area contributed by atoms with Crippen LogP contribution in [0.25, 0.3) is 0 Å². The van der Waals surface area contributed by atoms with E-state index in [-0.39, 0.29) is 29.1 Å². The van der Waals surface area contributed by atoms with Gasteiger partial charge in [-0.25, -0.2) is 4.68 Å². The van der Waals surface area contributed by atoms with Gasteiger partial charge in [0.2, 0.25) is 5.56 Å². The van der Waals surface area contributed by atoms with Crippen LogP contribution >= 0.6 is 0 Å². The summed E-state index contributed by atoms with van der Waals surface area (Å²) in [5, 5.41) is 17.9. The number of hydrogen-bond acceptors (Lipinski definition) is 6. The molecule has 3 atom stereocenters. The Labute approximate surface area is 180 Å². The SMILES string of the molecule is O=C(NCC1CCCCN1c1ccc(=O)n(C2CCCCC2O)n1)c1cc[nH]c(=O)c1. The lowest BCUT2D eigenvalue weighted by atomic mass is 9.93. The summed E-state index contributed by atoms with van der Waals surface area (Å²) in [6.07, 6.45) is 7.21. The number of pyridine rings is 1. The van der Waals surface area contributed by atoms with Gasteiger partial charge in [-0.2, -0.15) is 5.10 Å². The van der Waals surface area contributed by atoms with Gasteiger partial charge in [0, 0.05) is 43.0 Å². The van der Waals surface area contributed by atoms with E-state index in [2.05, 4.69) is 20.3 Å². The van der Waals surface area contributed by atoms with Crippen LogP contribution in [-0.4, -0.2) is 51.0 Å². The fourth-order valence-electron chi connectivity index (χ4n) is 4.60. The van der Waals surface area contributed by atoms with Gasteiger partial charge in [-0.3, -0.25) is 14.4 Å². The molecule has 0 bridgehead atoms. The predicted molar refractivity (Wildman–Crippen MR) is 116 cm³/mol. The van der Waals surface area contributed by atoms with Crippen LogP contribution in [0.1, 0.15) is 61.3 Å². The molecule has 9 heteroatoms. The van der Waals surface area contributed by atoms with Crippen molar-refractivity contribution < 1.29 is 9.90 Å². The molecule has 166 valence electrons. The van der Waals surface area contributed by atoms with E-state index in [1.807, 2.05) is 0 Å². The maximum atomic E-state index is 12.5. The molecule has 2 aromatic heterocycles. The number of nitrogens with zero attached hydrogens (tertiary/aromatic N) is 3. The Hall–Kier alpha value is -2.94. The highest BCUT2D eigenvalue weighted by Crippen LogP contribution is 2.28. The monoisotopic (exact) mass is 427 g/mol. The molecule has 31 heavy (non-hydrogen) atoms. The van der Waals surface area contributed by atoms with E-state index in [0.29, 0.717) is 24.3 Å². The number of carbonyl (C=O) groups is 1. The zero-order valence-corrected chi connectivity index (χ0v) is 17.5. The van der Waals surface area contributed by atoms with Gasteiger partial charge < -0.3 is 20.3 Å². The van der Waals surface area contributed by atoms with Crippen molar-refractivity contribution in [3.05, 3.63) is 56.7 Å². The molecule has 3 unspecified atom stereocenters. The Kier molecular flexibility index (Phi) is 6.50. The van der Waals surface area contributed by atoms with Crippen molar-refractivity contribution in [2.24, 2.45) is 0 Å². The molecule has 3 N–H and O–H groups in total. The van der Waals surface area contributed by atoms with E-state index in [4.69, 9.17) is 0 Å². The summed E-state index contributed by atoms with van der Waals surface area (Å²) in [6.45, 7) is 1.20. The Balaban J connectivity index is 1.50. The summed E-state index contributed by atoms with van der Waals surface area (Å²) in [4.78, 5) is 41.0. The van der Waals surface area contributed by atoms with Gasteiger partial charge in [-0.05, 0) is 44.2 Å². The van der Waals surface area contributed by atoms with Crippen LogP contribution in [0, 0.1) is 0 Å². The van der Waals surface area contributed by atoms with E-state index in [1.165, 1.54) is 23.0 Å². The van der Waals surface area contributed by atoms with Gasteiger partial charge >= 0.3 is 0 Å². The van der Waals surface area contributed by atoms with Gasteiger partial charge in [-0.1, -0.05) is 12.8 Å². The minimum Gasteiger partial charge on any atom is -0.391 e. The lowest BCUT2D eigenvalue weighted by Gasteiger charge is -2.37. The van der Waals surface area contributed by atoms with Crippen LogP contribution in [0.4, 0.5) is 5.82 Å². The molecule has 0 aromatic carbocycles. The standard InChI is InChI=1S/C22H29N5O4/c28-18-7-2-1-6-17(18)27-21(30)9-8-19(25-27)26-12-4-3-5-16(26)14-24-22(31)15-10-11-23-20(29)13-15/h8-11,13,16-18,28H,1-7,12,14H2,(H,23,29)(H,24,31). The average Bonchev–Trinajstić information content (AvgIpc) is 2.78. The van der Waals surface area contributed by atoms with Crippen LogP contribution in [0.5, 0.6) is 0 Å². The number of aromatic nitrogens is 3. The summed E-state index contributed by atoms with van der Waals surface area (Å²) in [5.41, 5.74) is -0.196. The third-order valence-electron chi connectivity index (χ3n) is 6.28. The molecule has 1 saturated heterocycles. The fourth-order valence-corrected chi connectivity index (χ4v) is 4.60. The first-order chi connectivity index (χ1) is 15.0. The summed E-state index contributed by atoms with van der Waals surface area (Å²) < 4.78 is 1.44. The number of anilines is 1. The van der Waals surface area contributed by atoms with E-state index >= 15 is 0 Å². The number of rotatable bonds is 5. The van der Waals surface area contributed by atoms with Gasteiger partial charge in [0.1, 0.15) is 5.82 Å². The number of aromatic amines is 1. The molecule has 1 aliphatic heterocycles. The van der Waals surface area contributed by atoms with Gasteiger partial charge in [0.25, 0.3) is 11.5 Å². The van der Waals surface area contributed by atoms with Crippen molar-refractivity contribution in [3.8, 4) is 0 Å². The van der Waals surface area contributed by atoms with Crippen molar-refractivity contribution >= 4 is 11.7 Å². The minimum atomic E-state index is -0.556. The number of hydrogen-bond donors (Lipinski definition) is 3. The molecule has 0 spiro atoms. The van der Waals surface area contributed by atoms with Gasteiger partial charge in [0.05, 0.1) is 12.1 Å². The van der Waals surface area contributed by atoms with Crippen molar-refractivity contribution in [1.82, 2.24) is 20.1 Å². The molecule has 1 saturated carbocycles. The molecule has 2 aliphatic rings. The first-order valence-electron chi connectivity index (χ1n) is 11.0. The summed E-state index contributed by atoms with van der Waals surface area (Å²) in [6, 6.07) is 5.84. The second-order valence-electron chi connectivity index (χ2n) is 8.39. The molecule has 2 aromatic rings. The zero-order valence-electron chi connectivity index (χ0n) is 17.5. The molecule has 1 aliphatic carbocycles. The number of aliphatic hydroxyl groups excluding tert-OH is 1. The molecule has 2 fully saturated rings. The summed E-state index contributed by atoms with van der Waals surface area (Å²) in [7, 11) is 0. The number of H-pyrrole nitrogens is 1. The number of aliphatic hydroxyl groups is 1. The second-order valence-corrected chi connectivity index (χ2v) is 8.39. The lowest BCUT2D eigenvalue weighted by Crippen LogP contribution is -2.48. The highest BCUT2D eigenvalue weighted by molar-refractivity contribution is 5.94. The maximum absolute atomic E-state index is 12.5. The highest BCUT2D eigenvalue weighted by atomic mass is 16.3. The summed E-state index contributed by atoms with van der Waals surface area (Å²) in [5.74, 6) is 0.396. The van der Waals surface area contributed by atoms with Crippen molar-refractivity contribution in [1.29, 1.82) is 0 Å². The first kappa shape index (κ1) is 21.3. The molecular formula is C22H29N5O4. The molecular weight excluding hydrogens is 398 g/mol. The first-order valence-corrected chi connectivity index (χ1v) is 11.0. The Morgan fingerprint density at radius 2 is 1.94 bits per heavy atom. The summed E-state index contributed by atoms with van der Waals surface area (Å²) >= 11 is 0. The minimum absolute atomic E-state index is 0.0365. The van der Waals surface area contributed by atoms with E-state index in [9.17, 15) is 19.5 Å². The van der Waals surface area contributed by atoms with Gasteiger partial charge in [0.15, 0.2) is 0 Å². The smallest absolute Gasteiger partial charge is 0.267 e. The second kappa shape index (κ2) is 9.47. The largest absolute Gasteiger partial charge is 0.391 e. The number of carbonyl (C=O) groups excluding carboxylic acids is 1. The molecule has 3 heterocycles. The average molecular weight is 428 g/mol. The molecule has 1 amide bonds. The maximum Gasteiger partial charge on any atom is 0.267 e. The topological polar surface area (TPSA) is 120 Å². The Bertz CT molecular complexity index is 1030. The molecule has 4 rings (SSSR count). The van der Waals surface area contributed by atoms with Gasteiger partial charge in [-0.15, -0.1) is 0 Å². The van der Waals surface area contributed by atoms with Crippen LogP contribution in [0.3, 0.4) is 0 Å². The quantitative estimate of drug-likeness (QED) is 0.659. The molecule has 0 radical (unpaired) electrons. The lowest BCUT2D eigenvalue weighted by molar-refractivity contribution is 0.0669. The van der Waals surface area contributed by atoms with Crippen LogP contribution in [-0.2, 0) is 0 Å². The van der Waals surface area contributed by atoms with E-state index < -0.39 is 6.10 Å². The fraction of sp³-hybridized carbons (Fsp3) is 0.545. The number of nitrogens with one attached hydrogen (secondary N) is 2. The predicted octanol–water partition coefficient (Wildman–Crippen LogP) is 1.20. The highest BCUT2D eigenvalue weighted by Gasteiger charge is 2.29. The van der Waals surface area contributed by atoms with Crippen molar-refractivity contribution in [2.75, 3.05) is 18.0 Å². The van der Waals surface area contributed by atoms with Crippen LogP contribution in [0.2, 0.25) is 0 Å². The van der Waals surface area contributed by atoms with Crippen LogP contribution in [0.15, 0.2) is 40.1 Å². The zero-order chi connectivity index (χ0) is 21.8. The molecule has 9 nitrogen and oxygen atoms in total. The number of piperidine rings is 1. The normalized spacial score (nSPS) is 24.0. The Morgan fingerprint density at radius 3 is 2.74 bits per heavy atom. The van der Waals surface area contributed by atoms with E-state index in [0.717, 1.165) is 45.1 Å². The van der Waals surface area contributed by atoms with Crippen molar-refractivity contribution in [2.45, 2.75) is 63.1 Å². The van der Waals surface area contributed by atoms with Crippen LogP contribution < -0.4 is 21.3 Å².